The molecule has 2 aromatic carbocycles. The van der Waals surface area contributed by atoms with Gasteiger partial charge in [0.2, 0.25) is 0 Å². The summed E-state index contributed by atoms with van der Waals surface area (Å²) in [7, 11) is 2.05. The van der Waals surface area contributed by atoms with Crippen molar-refractivity contribution in [2.45, 2.75) is 38.1 Å². The molecule has 0 saturated heterocycles. The van der Waals surface area contributed by atoms with Crippen LogP contribution in [0.1, 0.15) is 53.5 Å². The number of rotatable bonds is 4. The smallest absolute Gasteiger partial charge is 0.0588 e. The molecule has 1 fully saturated rings. The monoisotopic (exact) mass is 343 g/mol. The molecule has 1 atom stereocenters. The number of hydrogen-bond donors (Lipinski definition) is 1. The summed E-state index contributed by atoms with van der Waals surface area (Å²) in [6.45, 7) is 2.15. The first-order chi connectivity index (χ1) is 10.2. The van der Waals surface area contributed by atoms with E-state index in [0.717, 1.165) is 5.92 Å². The fraction of sp³-hybridized carbons (Fsp3) is 0.368. The molecule has 2 aromatic rings. The average molecular weight is 344 g/mol. The zero-order valence-electron chi connectivity index (χ0n) is 12.7. The van der Waals surface area contributed by atoms with Gasteiger partial charge in [-0.1, -0.05) is 64.8 Å². The minimum Gasteiger partial charge on any atom is -0.309 e. The molecule has 1 N–H and O–H groups in total. The maximum Gasteiger partial charge on any atom is 0.0588 e. The first-order valence-electron chi connectivity index (χ1n) is 7.73. The average Bonchev–Trinajstić information content (AvgIpc) is 2.44. The van der Waals surface area contributed by atoms with Gasteiger partial charge in [0.1, 0.15) is 0 Å². The molecule has 3 rings (SSSR count). The third-order valence-electron chi connectivity index (χ3n) is 4.67. The van der Waals surface area contributed by atoms with E-state index in [1.165, 1.54) is 46.0 Å². The Balaban J connectivity index is 2.06. The Morgan fingerprint density at radius 1 is 1.05 bits per heavy atom. The summed E-state index contributed by atoms with van der Waals surface area (Å²) in [4.78, 5) is 0. The molecule has 0 bridgehead atoms. The molecule has 1 aliphatic carbocycles. The van der Waals surface area contributed by atoms with Crippen LogP contribution in [0.3, 0.4) is 0 Å². The van der Waals surface area contributed by atoms with E-state index in [2.05, 4.69) is 77.7 Å². The molecule has 1 saturated carbocycles. The fourth-order valence-electron chi connectivity index (χ4n) is 3.24. The lowest BCUT2D eigenvalue weighted by molar-refractivity contribution is 0.415. The third kappa shape index (κ3) is 2.79. The van der Waals surface area contributed by atoms with Crippen LogP contribution in [0.15, 0.2) is 46.9 Å². The predicted molar refractivity (Wildman–Crippen MR) is 92.8 cm³/mol. The molecule has 0 aliphatic heterocycles. The molecule has 0 spiro atoms. The molecule has 0 radical (unpaired) electrons. The highest BCUT2D eigenvalue weighted by Crippen LogP contribution is 2.41. The second kappa shape index (κ2) is 6.33. The summed E-state index contributed by atoms with van der Waals surface area (Å²) < 4.78 is 1.22. The van der Waals surface area contributed by atoms with Crippen molar-refractivity contribution in [3.05, 3.63) is 69.2 Å². The van der Waals surface area contributed by atoms with Gasteiger partial charge in [-0.3, -0.25) is 0 Å². The summed E-state index contributed by atoms with van der Waals surface area (Å²) in [5.74, 6) is 0.751. The number of hydrogen-bond acceptors (Lipinski definition) is 1. The first kappa shape index (κ1) is 14.8. The Morgan fingerprint density at radius 3 is 2.43 bits per heavy atom. The summed E-state index contributed by atoms with van der Waals surface area (Å²) in [6.07, 6.45) is 4.04. The van der Waals surface area contributed by atoms with E-state index in [1.807, 2.05) is 0 Å². The van der Waals surface area contributed by atoms with Gasteiger partial charge in [0, 0.05) is 4.47 Å². The molecule has 0 amide bonds. The van der Waals surface area contributed by atoms with Gasteiger partial charge in [-0.2, -0.15) is 0 Å². The Morgan fingerprint density at radius 2 is 1.76 bits per heavy atom. The standard InChI is InChI=1S/C19H22BrN/c1-13-7-5-12-17(18(13)20)19(21-2)16-11-4-3-10-15(16)14-8-6-9-14/h3-5,7,10-12,14,19,21H,6,8-9H2,1-2H3. The maximum atomic E-state index is 3.77. The molecule has 0 heterocycles. The van der Waals surface area contributed by atoms with Gasteiger partial charge in [0.15, 0.2) is 0 Å². The van der Waals surface area contributed by atoms with Gasteiger partial charge in [-0.05, 0) is 55.0 Å². The van der Waals surface area contributed by atoms with Gasteiger partial charge >= 0.3 is 0 Å². The van der Waals surface area contributed by atoms with Crippen LogP contribution in [-0.2, 0) is 0 Å². The predicted octanol–water partition coefficient (Wildman–Crippen LogP) is 5.33. The van der Waals surface area contributed by atoms with Crippen molar-refractivity contribution in [3.8, 4) is 0 Å². The summed E-state index contributed by atoms with van der Waals surface area (Å²) in [6, 6.07) is 15.7. The van der Waals surface area contributed by atoms with E-state index >= 15 is 0 Å². The van der Waals surface area contributed by atoms with Crippen molar-refractivity contribution in [1.29, 1.82) is 0 Å². The highest BCUT2D eigenvalue weighted by Gasteiger charge is 2.25. The summed E-state index contributed by atoms with van der Waals surface area (Å²) in [5, 5.41) is 3.52. The Kier molecular flexibility index (Phi) is 4.46. The largest absolute Gasteiger partial charge is 0.309 e. The van der Waals surface area contributed by atoms with E-state index < -0.39 is 0 Å². The Labute approximate surface area is 135 Å². The van der Waals surface area contributed by atoms with Crippen LogP contribution in [0.5, 0.6) is 0 Å². The first-order valence-corrected chi connectivity index (χ1v) is 8.52. The topological polar surface area (TPSA) is 12.0 Å². The minimum absolute atomic E-state index is 0.246. The van der Waals surface area contributed by atoms with Crippen LogP contribution in [0.4, 0.5) is 0 Å². The second-order valence-corrected chi connectivity index (χ2v) is 6.75. The number of nitrogens with one attached hydrogen (secondary N) is 1. The summed E-state index contributed by atoms with van der Waals surface area (Å²) in [5.41, 5.74) is 5.56. The van der Waals surface area contributed by atoms with Crippen LogP contribution in [0.2, 0.25) is 0 Å². The van der Waals surface area contributed by atoms with Crippen molar-refractivity contribution >= 4 is 15.9 Å². The number of benzene rings is 2. The van der Waals surface area contributed by atoms with Crippen LogP contribution in [0, 0.1) is 6.92 Å². The molecular weight excluding hydrogens is 322 g/mol. The third-order valence-corrected chi connectivity index (χ3v) is 5.76. The molecule has 21 heavy (non-hydrogen) atoms. The minimum atomic E-state index is 0.246. The lowest BCUT2D eigenvalue weighted by Crippen LogP contribution is -2.22. The van der Waals surface area contributed by atoms with E-state index in [1.54, 1.807) is 0 Å². The zero-order valence-corrected chi connectivity index (χ0v) is 14.3. The van der Waals surface area contributed by atoms with E-state index in [4.69, 9.17) is 0 Å². The number of aryl methyl sites for hydroxylation is 1. The lowest BCUT2D eigenvalue weighted by atomic mass is 9.76. The van der Waals surface area contributed by atoms with Crippen molar-refractivity contribution in [3.63, 3.8) is 0 Å². The summed E-state index contributed by atoms with van der Waals surface area (Å²) >= 11 is 3.77. The highest BCUT2D eigenvalue weighted by molar-refractivity contribution is 9.10. The lowest BCUT2D eigenvalue weighted by Gasteiger charge is -2.31. The van der Waals surface area contributed by atoms with E-state index in [-0.39, 0.29) is 6.04 Å². The number of halogens is 1. The fourth-order valence-corrected chi connectivity index (χ4v) is 3.73. The van der Waals surface area contributed by atoms with Crippen molar-refractivity contribution in [2.75, 3.05) is 7.05 Å². The molecule has 1 aliphatic rings. The molecule has 2 heteroatoms. The van der Waals surface area contributed by atoms with Gasteiger partial charge in [-0.15, -0.1) is 0 Å². The molecule has 1 nitrogen and oxygen atoms in total. The molecule has 110 valence electrons. The molecule has 1 unspecified atom stereocenters. The zero-order chi connectivity index (χ0) is 14.8. The Bertz CT molecular complexity index is 631. The quantitative estimate of drug-likeness (QED) is 0.790. The van der Waals surface area contributed by atoms with Crippen LogP contribution in [0.25, 0.3) is 0 Å². The van der Waals surface area contributed by atoms with Gasteiger partial charge < -0.3 is 5.32 Å². The normalized spacial score (nSPS) is 16.5. The van der Waals surface area contributed by atoms with Crippen molar-refractivity contribution in [1.82, 2.24) is 5.32 Å². The SMILES string of the molecule is CNC(c1ccccc1C1CCC1)c1cccc(C)c1Br. The van der Waals surface area contributed by atoms with Gasteiger partial charge in [0.05, 0.1) is 6.04 Å². The van der Waals surface area contributed by atoms with Gasteiger partial charge in [-0.25, -0.2) is 0 Å². The van der Waals surface area contributed by atoms with Gasteiger partial charge in [0.25, 0.3) is 0 Å². The molecule has 0 aromatic heterocycles. The van der Waals surface area contributed by atoms with Crippen LogP contribution >= 0.6 is 15.9 Å². The molecular formula is C19H22BrN. The highest BCUT2D eigenvalue weighted by atomic mass is 79.9. The Hall–Kier alpha value is -1.12. The van der Waals surface area contributed by atoms with E-state index in [9.17, 15) is 0 Å². The van der Waals surface area contributed by atoms with Crippen LogP contribution < -0.4 is 5.32 Å². The van der Waals surface area contributed by atoms with E-state index in [0.29, 0.717) is 0 Å². The maximum absolute atomic E-state index is 3.77. The van der Waals surface area contributed by atoms with Crippen molar-refractivity contribution in [2.24, 2.45) is 0 Å². The van der Waals surface area contributed by atoms with Crippen molar-refractivity contribution < 1.29 is 0 Å². The second-order valence-electron chi connectivity index (χ2n) is 5.96. The van der Waals surface area contributed by atoms with Crippen LogP contribution in [-0.4, -0.2) is 7.05 Å².